The average molecular weight is 239 g/mol. The summed E-state index contributed by atoms with van der Waals surface area (Å²) >= 11 is 0. The summed E-state index contributed by atoms with van der Waals surface area (Å²) in [4.78, 5) is 25.2. The number of carbonyl (C=O) groups is 2. The topological polar surface area (TPSA) is 82.4 Å². The number of hydrogen-bond donors (Lipinski definition) is 1. The van der Waals surface area contributed by atoms with Crippen LogP contribution in [0.3, 0.4) is 0 Å². The molecule has 2 amide bonds. The van der Waals surface area contributed by atoms with Gasteiger partial charge in [-0.3, -0.25) is 9.59 Å². The maximum Gasteiger partial charge on any atom is 0.244 e. The highest BCUT2D eigenvalue weighted by Gasteiger charge is 2.39. The van der Waals surface area contributed by atoms with Crippen LogP contribution in [-0.4, -0.2) is 49.6 Å². The summed E-state index contributed by atoms with van der Waals surface area (Å²) in [6, 6.07) is 1.31. The molecule has 1 aliphatic heterocycles. The second-order valence-corrected chi connectivity index (χ2v) is 4.44. The smallest absolute Gasteiger partial charge is 0.244 e. The second kappa shape index (κ2) is 5.15. The van der Waals surface area contributed by atoms with Gasteiger partial charge in [0.05, 0.1) is 19.3 Å². The summed E-state index contributed by atoms with van der Waals surface area (Å²) in [7, 11) is 1.51. The van der Waals surface area contributed by atoms with E-state index in [1.807, 2.05) is 6.07 Å². The summed E-state index contributed by atoms with van der Waals surface area (Å²) in [5, 5.41) is 11.4. The Balaban J connectivity index is 2.90. The number of morpholine rings is 1. The SMILES string of the molecule is CNC(=O)C1COCCN1C(=O)C(C)(C)C#N. The predicted octanol–water partition coefficient (Wildman–Crippen LogP) is -0.490. The van der Waals surface area contributed by atoms with Crippen molar-refractivity contribution in [1.29, 1.82) is 5.26 Å². The standard InChI is InChI=1S/C11H17N3O3/c1-11(2,7-12)10(16)14-4-5-17-6-8(14)9(15)13-3/h8H,4-6H2,1-3H3,(H,13,15). The number of nitrogens with zero attached hydrogens (tertiary/aromatic N) is 2. The molecule has 1 atom stereocenters. The van der Waals surface area contributed by atoms with Crippen molar-refractivity contribution in [3.63, 3.8) is 0 Å². The Kier molecular flexibility index (Phi) is 4.07. The molecule has 6 heteroatoms. The highest BCUT2D eigenvalue weighted by molar-refractivity contribution is 5.91. The van der Waals surface area contributed by atoms with Crippen LogP contribution < -0.4 is 5.32 Å². The van der Waals surface area contributed by atoms with Gasteiger partial charge < -0.3 is 15.0 Å². The molecule has 0 radical (unpaired) electrons. The molecule has 94 valence electrons. The lowest BCUT2D eigenvalue weighted by Gasteiger charge is -2.37. The zero-order valence-electron chi connectivity index (χ0n) is 10.3. The lowest BCUT2D eigenvalue weighted by atomic mass is 9.92. The molecule has 0 spiro atoms. The van der Waals surface area contributed by atoms with Crippen LogP contribution in [0.15, 0.2) is 0 Å². The highest BCUT2D eigenvalue weighted by atomic mass is 16.5. The Hall–Kier alpha value is -1.61. The van der Waals surface area contributed by atoms with E-state index in [4.69, 9.17) is 10.00 Å². The third-order valence-corrected chi connectivity index (χ3v) is 2.75. The van der Waals surface area contributed by atoms with Gasteiger partial charge in [0.1, 0.15) is 11.5 Å². The van der Waals surface area contributed by atoms with E-state index in [2.05, 4.69) is 5.32 Å². The predicted molar refractivity (Wildman–Crippen MR) is 59.8 cm³/mol. The van der Waals surface area contributed by atoms with E-state index in [0.717, 1.165) is 0 Å². The van der Waals surface area contributed by atoms with Crippen molar-refractivity contribution in [3.8, 4) is 6.07 Å². The minimum Gasteiger partial charge on any atom is -0.377 e. The van der Waals surface area contributed by atoms with Gasteiger partial charge in [-0.05, 0) is 13.8 Å². The Labute approximate surface area is 101 Å². The quantitative estimate of drug-likeness (QED) is 0.705. The Morgan fingerprint density at radius 3 is 2.71 bits per heavy atom. The minimum atomic E-state index is -1.12. The maximum atomic E-state index is 12.1. The van der Waals surface area contributed by atoms with Crippen molar-refractivity contribution in [2.24, 2.45) is 5.41 Å². The van der Waals surface area contributed by atoms with E-state index in [1.165, 1.54) is 11.9 Å². The van der Waals surface area contributed by atoms with Crippen LogP contribution in [0, 0.1) is 16.7 Å². The summed E-state index contributed by atoms with van der Waals surface area (Å²) in [6.07, 6.45) is 0. The minimum absolute atomic E-state index is 0.174. The summed E-state index contributed by atoms with van der Waals surface area (Å²) in [6.45, 7) is 3.99. The van der Waals surface area contributed by atoms with Crippen LogP contribution in [0.4, 0.5) is 0 Å². The molecule has 6 nitrogen and oxygen atoms in total. The van der Waals surface area contributed by atoms with Gasteiger partial charge in [0.15, 0.2) is 0 Å². The molecule has 1 fully saturated rings. The van der Waals surface area contributed by atoms with E-state index in [-0.39, 0.29) is 18.4 Å². The zero-order valence-corrected chi connectivity index (χ0v) is 10.3. The summed E-state index contributed by atoms with van der Waals surface area (Å²) in [5.41, 5.74) is -1.12. The van der Waals surface area contributed by atoms with Crippen molar-refractivity contribution >= 4 is 11.8 Å². The van der Waals surface area contributed by atoms with Gasteiger partial charge in [-0.15, -0.1) is 0 Å². The number of nitriles is 1. The van der Waals surface area contributed by atoms with Crippen LogP contribution in [0.25, 0.3) is 0 Å². The van der Waals surface area contributed by atoms with Gasteiger partial charge in [0.2, 0.25) is 11.8 Å². The second-order valence-electron chi connectivity index (χ2n) is 4.44. The molecule has 1 rings (SSSR count). The fourth-order valence-corrected chi connectivity index (χ4v) is 1.64. The molecule has 1 unspecified atom stereocenters. The molecular weight excluding hydrogens is 222 g/mol. The fourth-order valence-electron chi connectivity index (χ4n) is 1.64. The maximum absolute atomic E-state index is 12.1. The van der Waals surface area contributed by atoms with E-state index in [0.29, 0.717) is 13.2 Å². The Morgan fingerprint density at radius 1 is 1.53 bits per heavy atom. The van der Waals surface area contributed by atoms with E-state index >= 15 is 0 Å². The number of nitrogens with one attached hydrogen (secondary N) is 1. The summed E-state index contributed by atoms with van der Waals surface area (Å²) < 4.78 is 5.19. The van der Waals surface area contributed by atoms with Crippen LogP contribution in [0.2, 0.25) is 0 Å². The summed E-state index contributed by atoms with van der Waals surface area (Å²) in [5.74, 6) is -0.608. The number of ether oxygens (including phenoxy) is 1. The molecule has 0 bridgehead atoms. The third-order valence-electron chi connectivity index (χ3n) is 2.75. The number of carbonyl (C=O) groups excluding carboxylic acids is 2. The molecule has 0 aromatic carbocycles. The molecule has 0 aliphatic carbocycles. The Bertz CT molecular complexity index is 359. The van der Waals surface area contributed by atoms with Gasteiger partial charge in [0, 0.05) is 13.6 Å². The van der Waals surface area contributed by atoms with Crippen molar-refractivity contribution in [2.45, 2.75) is 19.9 Å². The molecule has 17 heavy (non-hydrogen) atoms. The third kappa shape index (κ3) is 2.74. The van der Waals surface area contributed by atoms with Crippen LogP contribution in [0.1, 0.15) is 13.8 Å². The Morgan fingerprint density at radius 2 is 2.18 bits per heavy atom. The molecule has 0 aromatic rings. The van der Waals surface area contributed by atoms with Crippen molar-refractivity contribution in [3.05, 3.63) is 0 Å². The van der Waals surface area contributed by atoms with E-state index < -0.39 is 11.5 Å². The van der Waals surface area contributed by atoms with Crippen LogP contribution in [0.5, 0.6) is 0 Å². The number of amides is 2. The van der Waals surface area contributed by atoms with Crippen molar-refractivity contribution in [2.75, 3.05) is 26.8 Å². The fraction of sp³-hybridized carbons (Fsp3) is 0.727. The van der Waals surface area contributed by atoms with Crippen LogP contribution >= 0.6 is 0 Å². The molecular formula is C11H17N3O3. The van der Waals surface area contributed by atoms with Gasteiger partial charge in [-0.25, -0.2) is 0 Å². The lowest BCUT2D eigenvalue weighted by Crippen LogP contribution is -2.57. The number of likely N-dealkylation sites (N-methyl/N-ethyl adjacent to an activating group) is 1. The highest BCUT2D eigenvalue weighted by Crippen LogP contribution is 2.21. The van der Waals surface area contributed by atoms with Gasteiger partial charge in [0.25, 0.3) is 0 Å². The lowest BCUT2D eigenvalue weighted by molar-refractivity contribution is -0.152. The number of hydrogen-bond acceptors (Lipinski definition) is 4. The van der Waals surface area contributed by atoms with Crippen molar-refractivity contribution in [1.82, 2.24) is 10.2 Å². The first kappa shape index (κ1) is 13.5. The molecule has 0 aromatic heterocycles. The molecule has 1 heterocycles. The molecule has 1 N–H and O–H groups in total. The monoisotopic (exact) mass is 239 g/mol. The van der Waals surface area contributed by atoms with Crippen LogP contribution in [-0.2, 0) is 14.3 Å². The average Bonchev–Trinajstić information content (AvgIpc) is 2.36. The first-order chi connectivity index (χ1) is 7.94. The zero-order chi connectivity index (χ0) is 13.1. The van der Waals surface area contributed by atoms with E-state index in [9.17, 15) is 9.59 Å². The van der Waals surface area contributed by atoms with Gasteiger partial charge in [-0.2, -0.15) is 5.26 Å². The largest absolute Gasteiger partial charge is 0.377 e. The van der Waals surface area contributed by atoms with Crippen molar-refractivity contribution < 1.29 is 14.3 Å². The molecule has 1 saturated heterocycles. The first-order valence-corrected chi connectivity index (χ1v) is 5.45. The molecule has 1 aliphatic rings. The normalized spacial score (nSPS) is 20.6. The first-order valence-electron chi connectivity index (χ1n) is 5.45. The van der Waals surface area contributed by atoms with Gasteiger partial charge in [-0.1, -0.05) is 0 Å². The number of rotatable bonds is 2. The van der Waals surface area contributed by atoms with E-state index in [1.54, 1.807) is 13.8 Å². The molecule has 0 saturated carbocycles. The van der Waals surface area contributed by atoms with Gasteiger partial charge >= 0.3 is 0 Å².